The second-order valence-corrected chi connectivity index (χ2v) is 11.4. The molecular weight excluding hydrogens is 491 g/mol. The molecule has 11 heteroatoms. The van der Waals surface area contributed by atoms with Gasteiger partial charge >= 0.3 is 0 Å². The van der Waals surface area contributed by atoms with Crippen molar-refractivity contribution in [2.24, 2.45) is 4.99 Å². The van der Waals surface area contributed by atoms with Crippen molar-refractivity contribution in [1.29, 1.82) is 0 Å². The molecule has 2 aliphatic rings. The number of anilines is 1. The fraction of sp³-hybridized carbons (Fsp3) is 0.263. The summed E-state index contributed by atoms with van der Waals surface area (Å²) in [6, 6.07) is 11.2. The van der Waals surface area contributed by atoms with Gasteiger partial charge < -0.3 is 9.64 Å². The van der Waals surface area contributed by atoms with Crippen LogP contribution >= 0.6 is 46.6 Å². The summed E-state index contributed by atoms with van der Waals surface area (Å²) < 4.78 is 29.8. The van der Waals surface area contributed by atoms with Gasteiger partial charge in [0.2, 0.25) is 0 Å². The SMILES string of the molecule is O=C(COc1ccc(Cl)cc1)N=C1S[C@H]2CS(=O)(=O)C[C@H]2N1c1cc(Cl)ccc1Cl. The molecule has 0 unspecified atom stereocenters. The van der Waals surface area contributed by atoms with Gasteiger partial charge in [0.05, 0.1) is 28.3 Å². The first kappa shape index (κ1) is 21.8. The Morgan fingerprint density at radius 2 is 1.80 bits per heavy atom. The molecule has 30 heavy (non-hydrogen) atoms. The number of amidine groups is 1. The molecule has 0 aromatic heterocycles. The maximum atomic E-state index is 12.5. The van der Waals surface area contributed by atoms with Gasteiger partial charge in [-0.05, 0) is 42.5 Å². The fourth-order valence-electron chi connectivity index (χ4n) is 3.33. The highest BCUT2D eigenvalue weighted by molar-refractivity contribution is 8.16. The normalized spacial score (nSPS) is 23.6. The van der Waals surface area contributed by atoms with Gasteiger partial charge in [0, 0.05) is 15.3 Å². The lowest BCUT2D eigenvalue weighted by atomic mass is 10.2. The van der Waals surface area contributed by atoms with Crippen molar-refractivity contribution in [3.05, 3.63) is 57.5 Å². The monoisotopic (exact) mass is 504 g/mol. The zero-order valence-corrected chi connectivity index (χ0v) is 19.2. The zero-order chi connectivity index (χ0) is 21.5. The highest BCUT2D eigenvalue weighted by atomic mass is 35.5. The molecule has 0 radical (unpaired) electrons. The van der Waals surface area contributed by atoms with Crippen LogP contribution in [0.15, 0.2) is 47.5 Å². The lowest BCUT2D eigenvalue weighted by Crippen LogP contribution is -2.38. The standard InChI is InChI=1S/C19H15Cl3N2O4S2/c20-11-1-4-13(5-2-11)28-8-18(25)23-19-24(15-7-12(21)3-6-14(15)22)16-9-30(26,27)10-17(16)29-19/h1-7,16-17H,8-10H2/t16-,17+/m1/s1. The average Bonchev–Trinajstić information content (AvgIpc) is 3.14. The Morgan fingerprint density at radius 3 is 2.53 bits per heavy atom. The summed E-state index contributed by atoms with van der Waals surface area (Å²) in [6.07, 6.45) is 0. The topological polar surface area (TPSA) is 76.0 Å². The first-order valence-corrected chi connectivity index (χ1v) is 12.7. The molecule has 6 nitrogen and oxygen atoms in total. The smallest absolute Gasteiger partial charge is 0.285 e. The molecule has 2 aromatic rings. The van der Waals surface area contributed by atoms with Crippen molar-refractivity contribution in [1.82, 2.24) is 0 Å². The third kappa shape index (κ3) is 4.73. The molecule has 4 rings (SSSR count). The number of ether oxygens (including phenoxy) is 1. The first-order valence-electron chi connectivity index (χ1n) is 8.83. The molecule has 2 atom stereocenters. The van der Waals surface area contributed by atoms with E-state index >= 15 is 0 Å². The van der Waals surface area contributed by atoms with Crippen LogP contribution in [0.4, 0.5) is 5.69 Å². The van der Waals surface area contributed by atoms with Crippen molar-refractivity contribution in [2.75, 3.05) is 23.0 Å². The van der Waals surface area contributed by atoms with Gasteiger partial charge in [0.1, 0.15) is 5.75 Å². The third-order valence-electron chi connectivity index (χ3n) is 4.63. The van der Waals surface area contributed by atoms with Crippen LogP contribution in [-0.4, -0.2) is 48.9 Å². The number of halogens is 3. The number of fused-ring (bicyclic) bond motifs is 1. The van der Waals surface area contributed by atoms with Crippen molar-refractivity contribution >= 4 is 73.2 Å². The van der Waals surface area contributed by atoms with E-state index in [0.717, 1.165) is 0 Å². The van der Waals surface area contributed by atoms with E-state index in [1.807, 2.05) is 0 Å². The molecule has 0 saturated carbocycles. The summed E-state index contributed by atoms with van der Waals surface area (Å²) in [6.45, 7) is -0.267. The number of hydrogen-bond acceptors (Lipinski definition) is 5. The molecule has 0 bridgehead atoms. The summed E-state index contributed by atoms with van der Waals surface area (Å²) >= 11 is 19.6. The zero-order valence-electron chi connectivity index (χ0n) is 15.3. The van der Waals surface area contributed by atoms with Gasteiger partial charge in [-0.2, -0.15) is 4.99 Å². The largest absolute Gasteiger partial charge is 0.484 e. The molecule has 2 heterocycles. The molecule has 2 aromatic carbocycles. The van der Waals surface area contributed by atoms with Crippen LogP contribution < -0.4 is 9.64 Å². The van der Waals surface area contributed by atoms with Crippen LogP contribution in [0.5, 0.6) is 5.75 Å². The van der Waals surface area contributed by atoms with Crippen LogP contribution in [0.2, 0.25) is 15.1 Å². The van der Waals surface area contributed by atoms with Crippen molar-refractivity contribution in [3.8, 4) is 5.75 Å². The summed E-state index contributed by atoms with van der Waals surface area (Å²) in [7, 11) is -3.19. The summed E-state index contributed by atoms with van der Waals surface area (Å²) in [5, 5.41) is 1.54. The van der Waals surface area contributed by atoms with Crippen molar-refractivity contribution in [3.63, 3.8) is 0 Å². The number of aliphatic imine (C=N–C) groups is 1. The third-order valence-corrected chi connectivity index (χ3v) is 8.65. The Kier molecular flexibility index (Phi) is 6.23. The van der Waals surface area contributed by atoms with Gasteiger partial charge in [-0.15, -0.1) is 0 Å². The highest BCUT2D eigenvalue weighted by Gasteiger charge is 2.49. The Hall–Kier alpha value is -1.45. The highest BCUT2D eigenvalue weighted by Crippen LogP contribution is 2.43. The fourth-order valence-corrected chi connectivity index (χ4v) is 7.76. The first-order chi connectivity index (χ1) is 14.2. The van der Waals surface area contributed by atoms with E-state index in [1.54, 1.807) is 47.4 Å². The molecule has 2 fully saturated rings. The van der Waals surface area contributed by atoms with Crippen molar-refractivity contribution in [2.45, 2.75) is 11.3 Å². The summed E-state index contributed by atoms with van der Waals surface area (Å²) in [4.78, 5) is 18.3. The van der Waals surface area contributed by atoms with Gasteiger partial charge in [0.15, 0.2) is 21.6 Å². The summed E-state index contributed by atoms with van der Waals surface area (Å²) in [5.41, 5.74) is 0.520. The Morgan fingerprint density at radius 1 is 1.10 bits per heavy atom. The number of carbonyl (C=O) groups excluding carboxylic acids is 1. The molecular formula is C19H15Cl3N2O4S2. The number of rotatable bonds is 4. The molecule has 158 valence electrons. The molecule has 0 N–H and O–H groups in total. The summed E-state index contributed by atoms with van der Waals surface area (Å²) in [5.74, 6) is -0.0313. The molecule has 2 aliphatic heterocycles. The van der Waals surface area contributed by atoms with E-state index in [-0.39, 0.29) is 29.4 Å². The minimum absolute atomic E-state index is 0.0193. The van der Waals surface area contributed by atoms with Gasteiger partial charge in [-0.25, -0.2) is 8.42 Å². The van der Waals surface area contributed by atoms with Crippen LogP contribution in [0, 0.1) is 0 Å². The maximum absolute atomic E-state index is 12.5. The average molecular weight is 506 g/mol. The predicted molar refractivity (Wildman–Crippen MR) is 122 cm³/mol. The van der Waals surface area contributed by atoms with E-state index in [0.29, 0.717) is 31.7 Å². The maximum Gasteiger partial charge on any atom is 0.285 e. The number of nitrogens with zero attached hydrogens (tertiary/aromatic N) is 2. The number of amides is 1. The quantitative estimate of drug-likeness (QED) is 0.616. The number of sulfone groups is 1. The molecule has 1 amide bonds. The van der Waals surface area contributed by atoms with Gasteiger partial charge in [-0.3, -0.25) is 4.79 Å². The molecule has 0 spiro atoms. The second kappa shape index (κ2) is 8.59. The lowest BCUT2D eigenvalue weighted by molar-refractivity contribution is -0.119. The van der Waals surface area contributed by atoms with Crippen LogP contribution in [0.3, 0.4) is 0 Å². The number of thioether (sulfide) groups is 1. The van der Waals surface area contributed by atoms with Crippen LogP contribution in [-0.2, 0) is 14.6 Å². The Balaban J connectivity index is 1.59. The second-order valence-electron chi connectivity index (χ2n) is 6.80. The van der Waals surface area contributed by atoms with Crippen molar-refractivity contribution < 1.29 is 17.9 Å². The number of carbonyl (C=O) groups is 1. The molecule has 0 aliphatic carbocycles. The lowest BCUT2D eigenvalue weighted by Gasteiger charge is -2.25. The predicted octanol–water partition coefficient (Wildman–Crippen LogP) is 4.33. The van der Waals surface area contributed by atoms with E-state index in [1.165, 1.54) is 11.8 Å². The van der Waals surface area contributed by atoms with Crippen LogP contribution in [0.25, 0.3) is 0 Å². The number of benzene rings is 2. The van der Waals surface area contributed by atoms with E-state index in [4.69, 9.17) is 39.5 Å². The minimum atomic E-state index is -3.19. The van der Waals surface area contributed by atoms with Gasteiger partial charge in [-0.1, -0.05) is 46.6 Å². The Bertz CT molecular complexity index is 1120. The number of hydrogen-bond donors (Lipinski definition) is 0. The van der Waals surface area contributed by atoms with Gasteiger partial charge in [0.25, 0.3) is 5.91 Å². The van der Waals surface area contributed by atoms with E-state index in [9.17, 15) is 13.2 Å². The van der Waals surface area contributed by atoms with Crippen LogP contribution in [0.1, 0.15) is 0 Å². The molecule has 2 saturated heterocycles. The minimum Gasteiger partial charge on any atom is -0.484 e. The van der Waals surface area contributed by atoms with E-state index in [2.05, 4.69) is 4.99 Å². The Labute approximate surface area is 193 Å². The van der Waals surface area contributed by atoms with E-state index < -0.39 is 15.7 Å².